The van der Waals surface area contributed by atoms with Gasteiger partial charge >= 0.3 is 0 Å². The SMILES string of the molecule is C=C(C(=O)N1C2CCC1CC2)c1cc2c(C(CN3CCN(CC(=O)N4CCCC4)CC3)OC)c(-c3cc(C)cc(C)c3)[nH]c2s1. The first-order chi connectivity index (χ1) is 21.8. The molecular formula is C36H47N5O3S. The van der Waals surface area contributed by atoms with E-state index in [9.17, 15) is 9.59 Å². The second-order valence-corrected chi connectivity index (χ2v) is 14.7. The fourth-order valence-electron chi connectivity index (χ4n) is 8.24. The van der Waals surface area contributed by atoms with Crippen molar-refractivity contribution in [3.05, 3.63) is 52.4 Å². The van der Waals surface area contributed by atoms with Crippen molar-refractivity contribution < 1.29 is 14.3 Å². The summed E-state index contributed by atoms with van der Waals surface area (Å²) < 4.78 is 6.29. The first-order valence-electron chi connectivity index (χ1n) is 16.8. The van der Waals surface area contributed by atoms with Gasteiger partial charge < -0.3 is 19.5 Å². The predicted octanol–water partition coefficient (Wildman–Crippen LogP) is 5.61. The summed E-state index contributed by atoms with van der Waals surface area (Å²) in [5, 5.41) is 1.11. The minimum Gasteiger partial charge on any atom is -0.375 e. The molecule has 240 valence electrons. The van der Waals surface area contributed by atoms with Crippen LogP contribution in [0.15, 0.2) is 30.8 Å². The zero-order valence-corrected chi connectivity index (χ0v) is 27.9. The first kappa shape index (κ1) is 30.7. The van der Waals surface area contributed by atoms with Gasteiger partial charge in [-0.15, -0.1) is 11.3 Å². The van der Waals surface area contributed by atoms with Crippen LogP contribution in [0.4, 0.5) is 0 Å². The number of carbonyl (C=O) groups is 2. The molecule has 1 unspecified atom stereocenters. The summed E-state index contributed by atoms with van der Waals surface area (Å²) in [5.74, 6) is 0.374. The Hall–Kier alpha value is -2.98. The van der Waals surface area contributed by atoms with Crippen molar-refractivity contribution in [3.8, 4) is 11.3 Å². The topological polar surface area (TPSA) is 72.1 Å². The monoisotopic (exact) mass is 629 g/mol. The maximum Gasteiger partial charge on any atom is 0.255 e. The summed E-state index contributed by atoms with van der Waals surface area (Å²) >= 11 is 1.63. The number of fused-ring (bicyclic) bond motifs is 3. The molecule has 0 saturated carbocycles. The molecule has 1 aromatic carbocycles. The van der Waals surface area contributed by atoms with Gasteiger partial charge in [-0.2, -0.15) is 0 Å². The van der Waals surface area contributed by atoms with Gasteiger partial charge in [-0.1, -0.05) is 23.8 Å². The average Bonchev–Trinajstić information content (AvgIpc) is 3.87. The molecule has 4 aliphatic rings. The summed E-state index contributed by atoms with van der Waals surface area (Å²) in [6.07, 6.45) is 6.59. The number of likely N-dealkylation sites (tertiary alicyclic amines) is 1. The Balaban J connectivity index is 1.14. The molecule has 0 aliphatic carbocycles. The Morgan fingerprint density at radius 1 is 0.933 bits per heavy atom. The molecule has 3 aromatic rings. The quantitative estimate of drug-likeness (QED) is 0.312. The van der Waals surface area contributed by atoms with Gasteiger partial charge in [0.15, 0.2) is 0 Å². The lowest BCUT2D eigenvalue weighted by Gasteiger charge is -2.36. The van der Waals surface area contributed by atoms with Crippen molar-refractivity contribution in [2.45, 2.75) is 70.6 Å². The Labute approximate surface area is 271 Å². The smallest absolute Gasteiger partial charge is 0.255 e. The molecule has 2 amide bonds. The highest BCUT2D eigenvalue weighted by Gasteiger charge is 2.43. The minimum absolute atomic E-state index is 0.101. The van der Waals surface area contributed by atoms with Crippen LogP contribution in [0, 0.1) is 13.8 Å². The van der Waals surface area contributed by atoms with Crippen molar-refractivity contribution in [2.75, 3.05) is 59.5 Å². The third-order valence-corrected chi connectivity index (χ3v) is 11.7. The van der Waals surface area contributed by atoms with Crippen LogP contribution >= 0.6 is 11.3 Å². The molecule has 45 heavy (non-hydrogen) atoms. The third-order valence-electron chi connectivity index (χ3n) is 10.6. The molecule has 1 atom stereocenters. The highest BCUT2D eigenvalue weighted by molar-refractivity contribution is 7.20. The Bertz CT molecular complexity index is 1550. The van der Waals surface area contributed by atoms with Gasteiger partial charge in [0.05, 0.1) is 18.3 Å². The van der Waals surface area contributed by atoms with E-state index in [1.807, 2.05) is 4.90 Å². The van der Waals surface area contributed by atoms with Crippen molar-refractivity contribution in [3.63, 3.8) is 0 Å². The maximum atomic E-state index is 13.6. The lowest BCUT2D eigenvalue weighted by molar-refractivity contribution is -0.131. The summed E-state index contributed by atoms with van der Waals surface area (Å²) in [7, 11) is 1.80. The zero-order chi connectivity index (χ0) is 31.2. The predicted molar refractivity (Wildman–Crippen MR) is 181 cm³/mol. The minimum atomic E-state index is -0.159. The van der Waals surface area contributed by atoms with E-state index < -0.39 is 0 Å². The molecule has 7 rings (SSSR count). The number of nitrogens with zero attached hydrogens (tertiary/aromatic N) is 4. The van der Waals surface area contributed by atoms with E-state index in [2.05, 4.69) is 64.4 Å². The molecule has 4 fully saturated rings. The standard InChI is InChI=1S/C36H47N5O3S/c1-23-17-24(2)19-26(18-23)34-33(30(44-4)21-38-13-15-39(16-14-38)22-32(42)40-11-5-6-12-40)29-20-31(45-35(29)37-34)25(3)36(43)41-27-7-8-28(41)10-9-27/h17-20,27-28,30,37H,3,5-16,21-22H2,1-2,4H3. The number of aryl methyl sites for hydroxylation is 2. The summed E-state index contributed by atoms with van der Waals surface area (Å²) in [4.78, 5) is 41.0. The lowest BCUT2D eigenvalue weighted by atomic mass is 9.98. The molecule has 2 aromatic heterocycles. The van der Waals surface area contributed by atoms with E-state index in [0.29, 0.717) is 24.2 Å². The lowest BCUT2D eigenvalue weighted by Crippen LogP contribution is -2.50. The number of hydrogen-bond acceptors (Lipinski definition) is 6. The van der Waals surface area contributed by atoms with E-state index in [-0.39, 0.29) is 17.9 Å². The number of carbonyl (C=O) groups excluding carboxylic acids is 2. The van der Waals surface area contributed by atoms with Crippen molar-refractivity contribution in [1.29, 1.82) is 0 Å². The van der Waals surface area contributed by atoms with Gasteiger partial charge in [-0.25, -0.2) is 0 Å². The molecule has 4 aliphatic heterocycles. The van der Waals surface area contributed by atoms with E-state index >= 15 is 0 Å². The summed E-state index contributed by atoms with van der Waals surface area (Å²) in [6.45, 7) is 15.3. The number of hydrogen-bond donors (Lipinski definition) is 1. The van der Waals surface area contributed by atoms with E-state index in [1.54, 1.807) is 18.4 Å². The van der Waals surface area contributed by atoms with Crippen molar-refractivity contribution >= 4 is 38.9 Å². The van der Waals surface area contributed by atoms with E-state index in [1.165, 1.54) is 11.1 Å². The van der Waals surface area contributed by atoms with Crippen molar-refractivity contribution in [1.82, 2.24) is 24.6 Å². The van der Waals surface area contributed by atoms with Crippen LogP contribution in [0.3, 0.4) is 0 Å². The number of aromatic amines is 1. The fraction of sp³-hybridized carbons (Fsp3) is 0.556. The number of piperazine rings is 1. The molecule has 8 nitrogen and oxygen atoms in total. The second-order valence-electron chi connectivity index (χ2n) is 13.7. The van der Waals surface area contributed by atoms with Crippen LogP contribution in [-0.2, 0) is 14.3 Å². The number of benzene rings is 1. The third kappa shape index (κ3) is 6.00. The Morgan fingerprint density at radius 3 is 2.18 bits per heavy atom. The van der Waals surface area contributed by atoms with Gasteiger partial charge in [0.25, 0.3) is 5.91 Å². The van der Waals surface area contributed by atoms with Crippen LogP contribution in [0.25, 0.3) is 27.0 Å². The molecule has 9 heteroatoms. The zero-order valence-electron chi connectivity index (χ0n) is 27.1. The number of aromatic nitrogens is 1. The van der Waals surface area contributed by atoms with Gasteiger partial charge in [0.2, 0.25) is 5.91 Å². The highest BCUT2D eigenvalue weighted by Crippen LogP contribution is 2.44. The number of thiophene rings is 1. The molecular weight excluding hydrogens is 582 g/mol. The Kier molecular flexibility index (Phi) is 8.63. The number of nitrogens with one attached hydrogen (secondary N) is 1. The first-order valence-corrected chi connectivity index (χ1v) is 17.6. The number of ether oxygens (including phenoxy) is 1. The number of methoxy groups -OCH3 is 1. The van der Waals surface area contributed by atoms with Gasteiger partial charge in [0, 0.05) is 86.4 Å². The van der Waals surface area contributed by atoms with Crippen LogP contribution < -0.4 is 0 Å². The summed E-state index contributed by atoms with van der Waals surface area (Å²) in [5.41, 5.74) is 6.45. The number of rotatable bonds is 9. The van der Waals surface area contributed by atoms with Crippen LogP contribution in [0.1, 0.15) is 66.2 Å². The van der Waals surface area contributed by atoms with E-state index in [0.717, 1.165) is 116 Å². The second kappa shape index (κ2) is 12.7. The normalized spacial score (nSPS) is 23.0. The van der Waals surface area contributed by atoms with Crippen LogP contribution in [-0.4, -0.2) is 108 Å². The number of H-pyrrole nitrogens is 1. The largest absolute Gasteiger partial charge is 0.375 e. The molecule has 4 saturated heterocycles. The van der Waals surface area contributed by atoms with Gasteiger partial charge in [-0.05, 0) is 76.1 Å². The van der Waals surface area contributed by atoms with E-state index in [4.69, 9.17) is 4.74 Å². The molecule has 0 spiro atoms. The number of amides is 2. The average molecular weight is 630 g/mol. The van der Waals surface area contributed by atoms with Gasteiger partial charge in [0.1, 0.15) is 4.83 Å². The molecule has 0 radical (unpaired) electrons. The van der Waals surface area contributed by atoms with Crippen LogP contribution in [0.5, 0.6) is 0 Å². The summed E-state index contributed by atoms with van der Waals surface area (Å²) in [6, 6.07) is 9.61. The molecule has 6 heterocycles. The van der Waals surface area contributed by atoms with Crippen LogP contribution in [0.2, 0.25) is 0 Å². The van der Waals surface area contributed by atoms with Crippen molar-refractivity contribution in [2.24, 2.45) is 0 Å². The van der Waals surface area contributed by atoms with Gasteiger partial charge in [-0.3, -0.25) is 19.4 Å². The molecule has 1 N–H and O–H groups in total. The maximum absolute atomic E-state index is 13.6. The highest BCUT2D eigenvalue weighted by atomic mass is 32.1. The fourth-order valence-corrected chi connectivity index (χ4v) is 9.28. The molecule has 2 bridgehead atoms. The Morgan fingerprint density at radius 2 is 1.56 bits per heavy atom.